The molecule has 0 atom stereocenters. The van der Waals surface area contributed by atoms with Gasteiger partial charge >= 0.3 is 0 Å². The van der Waals surface area contributed by atoms with E-state index in [-0.39, 0.29) is 5.78 Å². The number of ketones is 1. The summed E-state index contributed by atoms with van der Waals surface area (Å²) in [5.41, 5.74) is 6.44. The summed E-state index contributed by atoms with van der Waals surface area (Å²) in [6.07, 6.45) is 3.44. The van der Waals surface area contributed by atoms with Crippen LogP contribution in [0.4, 0.5) is 11.4 Å². The quantitative estimate of drug-likeness (QED) is 0.401. The number of hydrogen-bond acceptors (Lipinski definition) is 5. The van der Waals surface area contributed by atoms with Crippen LogP contribution in [0.1, 0.15) is 15.9 Å². The fourth-order valence-electron chi connectivity index (χ4n) is 3.62. The SMILES string of the molecule is CN(C)c1ccc(-c2ncccc2C(=O)c2cccnc2-c2ccc(N(C)C)cc2)cc1. The highest BCUT2D eigenvalue weighted by atomic mass is 16.1. The first-order valence-corrected chi connectivity index (χ1v) is 10.5. The Morgan fingerprint density at radius 2 is 0.969 bits per heavy atom. The van der Waals surface area contributed by atoms with Gasteiger partial charge in [0.25, 0.3) is 0 Å². The Labute approximate surface area is 189 Å². The Morgan fingerprint density at radius 3 is 1.31 bits per heavy atom. The van der Waals surface area contributed by atoms with Crippen molar-refractivity contribution in [1.29, 1.82) is 0 Å². The second-order valence-corrected chi connectivity index (χ2v) is 8.01. The number of carbonyl (C=O) groups is 1. The summed E-state index contributed by atoms with van der Waals surface area (Å²) in [4.78, 5) is 26.9. The standard InChI is InChI=1S/C27H26N4O/c1-30(2)21-13-9-19(10-14-21)25-23(7-5-17-28-25)27(32)24-8-6-18-29-26(24)20-11-15-22(16-12-20)31(3)4/h5-18H,1-4H3. The molecule has 0 amide bonds. The van der Waals surface area contributed by atoms with Gasteiger partial charge in [-0.3, -0.25) is 14.8 Å². The molecule has 4 rings (SSSR count). The van der Waals surface area contributed by atoms with Crippen LogP contribution in [-0.2, 0) is 0 Å². The Hall–Kier alpha value is -3.99. The molecule has 2 heterocycles. The summed E-state index contributed by atoms with van der Waals surface area (Å²) in [5.74, 6) is -0.0930. The third kappa shape index (κ3) is 4.23. The Kier molecular flexibility index (Phi) is 5.99. The largest absolute Gasteiger partial charge is 0.378 e. The van der Waals surface area contributed by atoms with Gasteiger partial charge in [-0.15, -0.1) is 0 Å². The minimum absolute atomic E-state index is 0.0930. The topological polar surface area (TPSA) is 49.3 Å². The molecule has 0 saturated heterocycles. The smallest absolute Gasteiger partial charge is 0.197 e. The van der Waals surface area contributed by atoms with Crippen LogP contribution in [0.25, 0.3) is 22.5 Å². The van der Waals surface area contributed by atoms with E-state index < -0.39 is 0 Å². The van der Waals surface area contributed by atoms with E-state index in [9.17, 15) is 4.79 Å². The number of pyridine rings is 2. The van der Waals surface area contributed by atoms with E-state index in [1.165, 1.54) is 0 Å². The van der Waals surface area contributed by atoms with E-state index in [0.29, 0.717) is 22.5 Å². The Morgan fingerprint density at radius 1 is 0.594 bits per heavy atom. The number of rotatable bonds is 6. The van der Waals surface area contributed by atoms with Gasteiger partial charge in [0, 0.05) is 74.2 Å². The van der Waals surface area contributed by atoms with Gasteiger partial charge in [0.15, 0.2) is 5.78 Å². The molecule has 4 aromatic rings. The van der Waals surface area contributed by atoms with Gasteiger partial charge in [0.05, 0.1) is 11.4 Å². The molecule has 0 aliphatic rings. The molecule has 0 spiro atoms. The summed E-state index contributed by atoms with van der Waals surface area (Å²) < 4.78 is 0. The van der Waals surface area contributed by atoms with Crippen molar-refractivity contribution in [2.24, 2.45) is 0 Å². The molecule has 2 aromatic carbocycles. The van der Waals surface area contributed by atoms with Crippen molar-refractivity contribution in [2.75, 3.05) is 38.0 Å². The van der Waals surface area contributed by atoms with Crippen molar-refractivity contribution < 1.29 is 4.79 Å². The number of carbonyl (C=O) groups excluding carboxylic acids is 1. The molecular formula is C27H26N4O. The van der Waals surface area contributed by atoms with Gasteiger partial charge in [-0.1, -0.05) is 24.3 Å². The molecule has 0 N–H and O–H groups in total. The second kappa shape index (κ2) is 9.02. The maximum absolute atomic E-state index is 13.7. The number of nitrogens with zero attached hydrogens (tertiary/aromatic N) is 4. The van der Waals surface area contributed by atoms with Crippen molar-refractivity contribution in [3.8, 4) is 22.5 Å². The van der Waals surface area contributed by atoms with Crippen molar-refractivity contribution in [1.82, 2.24) is 9.97 Å². The lowest BCUT2D eigenvalue weighted by Crippen LogP contribution is -2.09. The van der Waals surface area contributed by atoms with Gasteiger partial charge in [-0.25, -0.2) is 0 Å². The third-order valence-corrected chi connectivity index (χ3v) is 5.42. The van der Waals surface area contributed by atoms with E-state index >= 15 is 0 Å². The summed E-state index contributed by atoms with van der Waals surface area (Å²) >= 11 is 0. The number of aromatic nitrogens is 2. The summed E-state index contributed by atoms with van der Waals surface area (Å²) in [6, 6.07) is 23.4. The zero-order valence-corrected chi connectivity index (χ0v) is 18.8. The van der Waals surface area contributed by atoms with Gasteiger partial charge in [0.1, 0.15) is 0 Å². The van der Waals surface area contributed by atoms with E-state index in [4.69, 9.17) is 0 Å². The lowest BCUT2D eigenvalue weighted by atomic mass is 9.95. The van der Waals surface area contributed by atoms with E-state index in [1.807, 2.05) is 98.7 Å². The molecule has 5 heteroatoms. The van der Waals surface area contributed by atoms with Gasteiger partial charge in [-0.05, 0) is 48.5 Å². The zero-order valence-electron chi connectivity index (χ0n) is 18.8. The average molecular weight is 423 g/mol. The first kappa shape index (κ1) is 21.2. The van der Waals surface area contributed by atoms with Gasteiger partial charge < -0.3 is 9.80 Å². The fraction of sp³-hybridized carbons (Fsp3) is 0.148. The molecule has 2 aromatic heterocycles. The Bertz CT molecular complexity index is 1130. The maximum atomic E-state index is 13.7. The second-order valence-electron chi connectivity index (χ2n) is 8.01. The number of hydrogen-bond donors (Lipinski definition) is 0. The van der Waals surface area contributed by atoms with Crippen LogP contribution in [0.15, 0.2) is 85.2 Å². The molecule has 0 saturated carbocycles. The summed E-state index contributed by atoms with van der Waals surface area (Å²) in [6.45, 7) is 0. The first-order valence-electron chi connectivity index (χ1n) is 10.5. The molecule has 0 fully saturated rings. The molecule has 32 heavy (non-hydrogen) atoms. The minimum atomic E-state index is -0.0930. The van der Waals surface area contributed by atoms with Crippen molar-refractivity contribution in [2.45, 2.75) is 0 Å². The molecule has 5 nitrogen and oxygen atoms in total. The summed E-state index contributed by atoms with van der Waals surface area (Å²) in [5, 5.41) is 0. The number of benzene rings is 2. The molecule has 0 aliphatic carbocycles. The zero-order chi connectivity index (χ0) is 22.7. The highest BCUT2D eigenvalue weighted by Crippen LogP contribution is 2.29. The van der Waals surface area contributed by atoms with Gasteiger partial charge in [-0.2, -0.15) is 0 Å². The highest BCUT2D eigenvalue weighted by Gasteiger charge is 2.20. The van der Waals surface area contributed by atoms with Crippen LogP contribution in [0, 0.1) is 0 Å². The molecule has 0 aliphatic heterocycles. The van der Waals surface area contributed by atoms with E-state index in [2.05, 4.69) is 9.97 Å². The highest BCUT2D eigenvalue weighted by molar-refractivity contribution is 6.15. The van der Waals surface area contributed by atoms with Crippen LogP contribution in [0.3, 0.4) is 0 Å². The molecule has 0 radical (unpaired) electrons. The van der Waals surface area contributed by atoms with Crippen LogP contribution in [0.2, 0.25) is 0 Å². The minimum Gasteiger partial charge on any atom is -0.378 e. The third-order valence-electron chi connectivity index (χ3n) is 5.42. The Balaban J connectivity index is 1.75. The van der Waals surface area contributed by atoms with Gasteiger partial charge in [0.2, 0.25) is 0 Å². The lowest BCUT2D eigenvalue weighted by Gasteiger charge is -2.15. The predicted molar refractivity (Wildman–Crippen MR) is 131 cm³/mol. The molecule has 160 valence electrons. The van der Waals surface area contributed by atoms with Crippen LogP contribution in [0.5, 0.6) is 0 Å². The number of anilines is 2. The van der Waals surface area contributed by atoms with E-state index in [1.54, 1.807) is 24.5 Å². The van der Waals surface area contributed by atoms with E-state index in [0.717, 1.165) is 22.5 Å². The molecule has 0 unspecified atom stereocenters. The maximum Gasteiger partial charge on any atom is 0.197 e. The monoisotopic (exact) mass is 422 g/mol. The van der Waals surface area contributed by atoms with Crippen LogP contribution >= 0.6 is 0 Å². The molecular weight excluding hydrogens is 396 g/mol. The molecule has 0 bridgehead atoms. The van der Waals surface area contributed by atoms with Crippen molar-refractivity contribution in [3.05, 3.63) is 96.3 Å². The van der Waals surface area contributed by atoms with Crippen molar-refractivity contribution in [3.63, 3.8) is 0 Å². The lowest BCUT2D eigenvalue weighted by molar-refractivity contribution is 0.103. The first-order chi connectivity index (χ1) is 15.5. The fourth-order valence-corrected chi connectivity index (χ4v) is 3.62. The normalized spacial score (nSPS) is 10.6. The average Bonchev–Trinajstić information content (AvgIpc) is 2.83. The van der Waals surface area contributed by atoms with Crippen molar-refractivity contribution >= 4 is 17.2 Å². The predicted octanol–water partition coefficient (Wildman–Crippen LogP) is 5.17. The van der Waals surface area contributed by atoms with Crippen LogP contribution < -0.4 is 9.80 Å². The van der Waals surface area contributed by atoms with Crippen LogP contribution in [-0.4, -0.2) is 43.9 Å². The summed E-state index contributed by atoms with van der Waals surface area (Å²) in [7, 11) is 8.00.